The fourth-order valence-corrected chi connectivity index (χ4v) is 18.2. The van der Waals surface area contributed by atoms with Crippen LogP contribution in [0.1, 0.15) is 126 Å². The third-order valence-electron chi connectivity index (χ3n) is 24.8. The summed E-state index contributed by atoms with van der Waals surface area (Å²) in [5.41, 5.74) is 20.4. The number of aldehydes is 6. The van der Waals surface area contributed by atoms with Gasteiger partial charge in [-0.2, -0.15) is 31.6 Å². The van der Waals surface area contributed by atoms with Crippen LogP contribution in [0.15, 0.2) is 394 Å². The predicted octanol–water partition coefficient (Wildman–Crippen LogP) is 17.1. The van der Waals surface area contributed by atoms with Crippen LogP contribution in [0.3, 0.4) is 0 Å². The molecule has 0 fully saturated rings. The number of hydrogen-bond donors (Lipinski definition) is 0. The summed E-state index contributed by atoms with van der Waals surface area (Å²) >= 11 is 0. The second kappa shape index (κ2) is 45.8. The van der Waals surface area contributed by atoms with Gasteiger partial charge in [0.2, 0.25) is 0 Å². The SMILES string of the molecule is C#CC(C#N)=C1C(=O)c2cc(C=O)c(C=O)cc2C1=O.C#CC(C#N)=C1C(=O)c2ccccc2C1=O.C#CC(C#N)=C1C(c2ccccc2)=c2cc(-c3ccccc3)c(-c3ccccc3)cc2=C1c1ccccc1.C#CC(C#N)=C1C(c2ccccc2)=c2ccccc2=C1c1ccccc1.C#CC(C#N)=C1C=c2c(-c3ccccc3)c(C=O)c(C=O)c(-c3ccccc3)c2=C1.C#CC(C#N)=C1C=c2cc(C=O)c(C=O)cc2=C1. The molecule has 0 aliphatic heterocycles. The molecule has 14 aromatic rings. The molecule has 0 N–H and O–H groups in total. The van der Waals surface area contributed by atoms with Crippen LogP contribution in [0.25, 0.3) is 91.1 Å². The number of Topliss-reactive ketones (excluding diaryl/α,β-unsaturated/α-hetero) is 4. The summed E-state index contributed by atoms with van der Waals surface area (Å²) in [7, 11) is 0. The molecule has 0 bridgehead atoms. The van der Waals surface area contributed by atoms with E-state index in [1.807, 2.05) is 188 Å². The monoisotopic (exact) mass is 1900 g/mol. The van der Waals surface area contributed by atoms with E-state index in [1.165, 1.54) is 0 Å². The van der Waals surface area contributed by atoms with Gasteiger partial charge in [0, 0.05) is 89.1 Å². The van der Waals surface area contributed by atoms with E-state index < -0.39 is 28.7 Å². The van der Waals surface area contributed by atoms with Crippen LogP contribution in [0.5, 0.6) is 0 Å². The van der Waals surface area contributed by atoms with Crippen molar-refractivity contribution in [3.05, 3.63) is 514 Å². The largest absolute Gasteiger partial charge is 0.298 e. The number of carbonyl (C=O) groups excluding carboxylic acids is 10. The predicted molar refractivity (Wildman–Crippen MR) is 570 cm³/mol. The van der Waals surface area contributed by atoms with Crippen molar-refractivity contribution in [1.82, 2.24) is 0 Å². The van der Waals surface area contributed by atoms with Gasteiger partial charge in [0.1, 0.15) is 69.9 Å². The highest BCUT2D eigenvalue weighted by Gasteiger charge is 2.38. The lowest BCUT2D eigenvalue weighted by molar-refractivity contribution is 0.0972. The van der Waals surface area contributed by atoms with E-state index >= 15 is 0 Å². The van der Waals surface area contributed by atoms with Gasteiger partial charge in [0.05, 0.1) is 11.1 Å². The summed E-state index contributed by atoms with van der Waals surface area (Å²) in [6.07, 6.45) is 43.3. The lowest BCUT2D eigenvalue weighted by atomic mass is 9.87. The lowest BCUT2D eigenvalue weighted by Gasteiger charge is -2.14. The van der Waals surface area contributed by atoms with Crippen molar-refractivity contribution in [2.24, 2.45) is 0 Å². The zero-order valence-corrected chi connectivity index (χ0v) is 78.2. The third-order valence-corrected chi connectivity index (χ3v) is 24.8. The molecule has 0 aromatic heterocycles. The molecule has 0 amide bonds. The number of hydrogen-bond acceptors (Lipinski definition) is 16. The number of carbonyl (C=O) groups is 10. The average Bonchev–Trinajstić information content (AvgIpc) is 1.55. The van der Waals surface area contributed by atoms with Crippen LogP contribution >= 0.6 is 0 Å². The number of nitriles is 6. The highest BCUT2D eigenvalue weighted by atomic mass is 16.2. The smallest absolute Gasteiger partial charge is 0.199 e. The minimum Gasteiger partial charge on any atom is -0.298 e. The summed E-state index contributed by atoms with van der Waals surface area (Å²) in [5.74, 6) is 11.7. The zero-order chi connectivity index (χ0) is 105. The number of nitrogens with zero attached hydrogens (tertiary/aromatic N) is 6. The molecular weight excluding hydrogens is 1830 g/mol. The normalized spacial score (nSPS) is 12.0. The molecular formula is C132H70N6O10. The molecule has 688 valence electrons. The first-order chi connectivity index (χ1) is 72.4. The Labute approximate surface area is 850 Å². The van der Waals surface area contributed by atoms with Crippen molar-refractivity contribution in [1.29, 1.82) is 31.6 Å². The van der Waals surface area contributed by atoms with Crippen LogP contribution < -0.4 is 41.7 Å². The van der Waals surface area contributed by atoms with Crippen LogP contribution in [0, 0.1) is 142 Å². The van der Waals surface area contributed by atoms with Gasteiger partial charge in [-0.15, -0.1) is 38.5 Å². The molecule has 14 aromatic carbocycles. The van der Waals surface area contributed by atoms with Crippen LogP contribution in [0.2, 0.25) is 0 Å². The van der Waals surface area contributed by atoms with Crippen molar-refractivity contribution in [3.63, 3.8) is 0 Å². The maximum atomic E-state index is 12.2. The Bertz CT molecular complexity index is 8970. The second-order valence-corrected chi connectivity index (χ2v) is 32.8. The molecule has 0 saturated heterocycles. The summed E-state index contributed by atoms with van der Waals surface area (Å²) in [5, 5.41) is 63.2. The Hall–Kier alpha value is -22.5. The minimum atomic E-state index is -0.708. The highest BCUT2D eigenvalue weighted by Crippen LogP contribution is 2.41. The van der Waals surface area contributed by atoms with Crippen LogP contribution in [-0.2, 0) is 0 Å². The van der Waals surface area contributed by atoms with E-state index in [0.717, 1.165) is 156 Å². The molecule has 0 radical (unpaired) electrons. The van der Waals surface area contributed by atoms with E-state index in [-0.39, 0.29) is 50.1 Å². The minimum absolute atomic E-state index is 0.000338. The van der Waals surface area contributed by atoms with Gasteiger partial charge < -0.3 is 0 Å². The number of terminal acetylenes is 6. The molecule has 148 heavy (non-hydrogen) atoms. The molecule has 6 aliphatic carbocycles. The summed E-state index contributed by atoms with van der Waals surface area (Å²) in [6, 6.07) is 117. The van der Waals surface area contributed by atoms with Crippen LogP contribution in [-0.4, -0.2) is 60.8 Å². The molecule has 20 rings (SSSR count). The fourth-order valence-electron chi connectivity index (χ4n) is 18.2. The van der Waals surface area contributed by atoms with E-state index in [2.05, 4.69) is 163 Å². The fraction of sp³-hybridized carbons (Fsp3) is 0. The van der Waals surface area contributed by atoms with Gasteiger partial charge in [0.25, 0.3) is 0 Å². The Morgan fingerprint density at radius 1 is 0.216 bits per heavy atom. The molecule has 0 heterocycles. The standard InChI is InChI=1S/C37H23N.C27H15NO2.C25H15N.C15H5NO4.C15H7NO2.C13H5NO2/c1-2-26(25-38)37-35(29-19-11-5-12-20-29)33-23-31(27-15-7-3-8-16-27)32(28-17-9-4-10-18-28)24-34(33)36(37)30-21-13-6-14-22-30;1-2-18(15-28)21-13-22-23(14-21)27(20-11-7-4-8-12-20)25(17-30)24(16-29)26(22)19-9-5-3-6-10-19;1-2-18(17-26)25-23(19-11-5-3-6-12-19)21-15-9-10-16-22(21)24(25)20-13-7-4-8-14-20;1-2-8(5-16)13-14(19)11-3-9(6-17)10(7-18)4-12(11)15(13)20;1-2-10(7-16)11-3-12-5-14(8-17)15(9-18)6-13(12)4-11;1-2-8(7-14)11-12(15)9-5-3-4-6-10(9)13(11)16/h1,3-24H;1,3-14,16-17H;1,3-16H;1,3-4,6-7H;1,3-6,8-9H;1,3-6H. The molecule has 0 spiro atoms. The van der Waals surface area contributed by atoms with Gasteiger partial charge >= 0.3 is 0 Å². The summed E-state index contributed by atoms with van der Waals surface area (Å²) in [6.45, 7) is 0. The summed E-state index contributed by atoms with van der Waals surface area (Å²) < 4.78 is 0. The topological polar surface area (TPSA) is 313 Å². The quantitative estimate of drug-likeness (QED) is 0.0321. The average molecular weight is 1900 g/mol. The van der Waals surface area contributed by atoms with Gasteiger partial charge in [-0.05, 0) is 180 Å². The molecule has 0 unspecified atom stereocenters. The van der Waals surface area contributed by atoms with Gasteiger partial charge in [-0.1, -0.05) is 327 Å². The Balaban J connectivity index is 0.000000136. The third kappa shape index (κ3) is 19.6. The highest BCUT2D eigenvalue weighted by molar-refractivity contribution is 6.41. The number of fused-ring (bicyclic) bond motifs is 6. The molecule has 16 nitrogen and oxygen atoms in total. The van der Waals surface area contributed by atoms with E-state index in [1.54, 1.807) is 60.7 Å². The second-order valence-electron chi connectivity index (χ2n) is 32.8. The molecule has 0 saturated carbocycles. The maximum Gasteiger partial charge on any atom is 0.199 e. The van der Waals surface area contributed by atoms with Gasteiger partial charge in [0.15, 0.2) is 60.8 Å². The van der Waals surface area contributed by atoms with Gasteiger partial charge in [-0.3, -0.25) is 47.9 Å². The maximum absolute atomic E-state index is 12.2. The van der Waals surface area contributed by atoms with Crippen molar-refractivity contribution < 1.29 is 47.9 Å². The van der Waals surface area contributed by atoms with Crippen LogP contribution in [0.4, 0.5) is 0 Å². The number of ketones is 4. The Kier molecular flexibility index (Phi) is 31.0. The molecule has 16 heteroatoms. The summed E-state index contributed by atoms with van der Waals surface area (Å²) in [4.78, 5) is 116. The molecule has 6 aliphatic rings. The Morgan fingerprint density at radius 2 is 0.446 bits per heavy atom. The zero-order valence-electron chi connectivity index (χ0n) is 78.2. The van der Waals surface area contributed by atoms with Gasteiger partial charge in [-0.25, -0.2) is 0 Å². The van der Waals surface area contributed by atoms with Crippen molar-refractivity contribution in [3.8, 4) is 155 Å². The number of benzene rings is 14. The number of allylic oxidation sites excluding steroid dienone is 12. The van der Waals surface area contributed by atoms with Crippen molar-refractivity contribution >= 4 is 107 Å². The first-order valence-corrected chi connectivity index (χ1v) is 45.3. The first kappa shape index (κ1) is 99.9. The van der Waals surface area contributed by atoms with E-state index in [0.29, 0.717) is 91.9 Å². The van der Waals surface area contributed by atoms with E-state index in [9.17, 15) is 63.7 Å². The lowest BCUT2D eigenvalue weighted by Crippen LogP contribution is -2.30. The first-order valence-electron chi connectivity index (χ1n) is 45.3. The molecule has 0 atom stereocenters. The Morgan fingerprint density at radius 3 is 0.709 bits per heavy atom. The van der Waals surface area contributed by atoms with Crippen molar-refractivity contribution in [2.45, 2.75) is 0 Å². The number of rotatable bonds is 14. The van der Waals surface area contributed by atoms with E-state index in [4.69, 9.17) is 54.3 Å². The van der Waals surface area contributed by atoms with Crippen molar-refractivity contribution in [2.75, 3.05) is 0 Å².